The zero-order chi connectivity index (χ0) is 29.9. The lowest BCUT2D eigenvalue weighted by atomic mass is 9.98. The first-order valence-corrected chi connectivity index (χ1v) is 11.3. The first-order valence-electron chi connectivity index (χ1n) is 11.3. The van der Waals surface area contributed by atoms with E-state index in [4.69, 9.17) is 4.74 Å². The van der Waals surface area contributed by atoms with Gasteiger partial charge in [-0.2, -0.15) is 48.3 Å². The van der Waals surface area contributed by atoms with Gasteiger partial charge in [0.25, 0.3) is 0 Å². The van der Waals surface area contributed by atoms with E-state index in [9.17, 15) is 53.4 Å². The van der Waals surface area contributed by atoms with Crippen LogP contribution in [0.4, 0.5) is 54.0 Å². The predicted molar refractivity (Wildman–Crippen MR) is 122 cm³/mol. The number of aliphatic hydroxyl groups is 1. The van der Waals surface area contributed by atoms with Crippen molar-refractivity contribution in [2.75, 3.05) is 11.9 Å². The van der Waals surface area contributed by atoms with Gasteiger partial charge >= 0.3 is 24.5 Å². The molecule has 3 aromatic rings. The summed E-state index contributed by atoms with van der Waals surface area (Å²) in [5, 5.41) is 11.7. The van der Waals surface area contributed by atoms with Crippen molar-refractivity contribution < 1.29 is 58.1 Å². The van der Waals surface area contributed by atoms with Crippen LogP contribution >= 0.6 is 0 Å². The number of aliphatic hydroxyl groups excluding tert-OH is 1. The Morgan fingerprint density at radius 2 is 1.30 bits per heavy atom. The maximum absolute atomic E-state index is 13.9. The quantitative estimate of drug-likeness (QED) is 0.251. The number of halogens is 11. The summed E-state index contributed by atoms with van der Waals surface area (Å²) in [6.07, 6.45) is -18.7. The number of rotatable bonds is 9. The largest absolute Gasteiger partial charge is 0.489 e. The number of hydrogen-bond acceptors (Lipinski definition) is 3. The zero-order valence-corrected chi connectivity index (χ0v) is 20.1. The van der Waals surface area contributed by atoms with E-state index in [-0.39, 0.29) is 28.1 Å². The van der Waals surface area contributed by atoms with Gasteiger partial charge in [0.15, 0.2) is 6.10 Å². The highest BCUT2D eigenvalue weighted by molar-refractivity contribution is 5.59. The molecule has 0 fully saturated rings. The molecule has 0 aromatic heterocycles. The summed E-state index contributed by atoms with van der Waals surface area (Å²) in [5.41, 5.74) is -2.46. The molecular weight excluding hydrogens is 567 g/mol. The van der Waals surface area contributed by atoms with Crippen molar-refractivity contribution in [3.05, 3.63) is 94.5 Å². The molecule has 0 spiro atoms. The van der Waals surface area contributed by atoms with Crippen LogP contribution in [0.15, 0.2) is 66.7 Å². The predicted octanol–water partition coefficient (Wildman–Crippen LogP) is 7.86. The van der Waals surface area contributed by atoms with Crippen LogP contribution < -0.4 is 10.1 Å². The van der Waals surface area contributed by atoms with E-state index in [0.29, 0.717) is 12.1 Å². The number of benzene rings is 3. The summed E-state index contributed by atoms with van der Waals surface area (Å²) in [4.78, 5) is 0. The molecule has 3 rings (SSSR count). The summed E-state index contributed by atoms with van der Waals surface area (Å²) in [6, 6.07) is 11.2. The maximum Gasteiger partial charge on any atom is 0.458 e. The Morgan fingerprint density at radius 1 is 0.725 bits per heavy atom. The molecule has 218 valence electrons. The maximum atomic E-state index is 13.9. The molecule has 3 nitrogen and oxygen atoms in total. The van der Waals surface area contributed by atoms with Crippen LogP contribution in [0.3, 0.4) is 0 Å². The molecule has 0 amide bonds. The number of anilines is 1. The van der Waals surface area contributed by atoms with Crippen LogP contribution in [0.25, 0.3) is 0 Å². The topological polar surface area (TPSA) is 41.5 Å². The molecule has 0 aliphatic carbocycles. The van der Waals surface area contributed by atoms with Gasteiger partial charge in [-0.15, -0.1) is 0 Å². The van der Waals surface area contributed by atoms with Gasteiger partial charge in [-0.05, 0) is 41.5 Å². The molecule has 0 bridgehead atoms. The van der Waals surface area contributed by atoms with Crippen molar-refractivity contribution >= 4 is 5.69 Å². The fraction of sp³-hybridized carbons (Fsp3) is 0.308. The lowest BCUT2D eigenvalue weighted by Crippen LogP contribution is -2.35. The second-order valence-electron chi connectivity index (χ2n) is 8.66. The van der Waals surface area contributed by atoms with Crippen LogP contribution in [0.5, 0.6) is 5.75 Å². The minimum Gasteiger partial charge on any atom is -0.489 e. The van der Waals surface area contributed by atoms with Gasteiger partial charge in [-0.1, -0.05) is 36.4 Å². The van der Waals surface area contributed by atoms with Crippen molar-refractivity contribution in [1.29, 1.82) is 0 Å². The highest BCUT2D eigenvalue weighted by Crippen LogP contribution is 2.44. The fourth-order valence-corrected chi connectivity index (χ4v) is 3.61. The lowest BCUT2D eigenvalue weighted by molar-refractivity contribution is -0.289. The Bertz CT molecular complexity index is 1300. The normalized spacial score (nSPS) is 13.7. The van der Waals surface area contributed by atoms with Crippen molar-refractivity contribution in [3.8, 4) is 5.75 Å². The van der Waals surface area contributed by atoms with Crippen molar-refractivity contribution in [2.24, 2.45) is 0 Å². The van der Waals surface area contributed by atoms with Crippen LogP contribution in [0.1, 0.15) is 27.8 Å². The Labute approximate surface area is 220 Å². The molecule has 1 unspecified atom stereocenters. The average Bonchev–Trinajstić information content (AvgIpc) is 2.85. The third-order valence-corrected chi connectivity index (χ3v) is 5.67. The monoisotopic (exact) mass is 587 g/mol. The highest BCUT2D eigenvalue weighted by atomic mass is 19.4. The Balaban J connectivity index is 1.97. The standard InChI is InChI=1S/C26H20F11NO2/c27-23(28,26(35,36)37)17-6-1-4-15(10-17)12-19-20(38-13-22(39)25(32,33)34)8-3-9-21(19)40-14-16-5-2-7-18(11-16)24(29,30)31/h1-11,22,38-39H,12-14H2. The van der Waals surface area contributed by atoms with Gasteiger partial charge in [0.05, 0.1) is 5.56 Å². The second-order valence-corrected chi connectivity index (χ2v) is 8.66. The van der Waals surface area contributed by atoms with E-state index in [1.807, 2.05) is 0 Å². The molecule has 0 saturated heterocycles. The van der Waals surface area contributed by atoms with Gasteiger partial charge in [0.2, 0.25) is 0 Å². The summed E-state index contributed by atoms with van der Waals surface area (Å²) < 4.78 is 150. The van der Waals surface area contributed by atoms with E-state index in [1.165, 1.54) is 30.3 Å². The molecule has 1 atom stereocenters. The van der Waals surface area contributed by atoms with Gasteiger partial charge in [0, 0.05) is 29.8 Å². The molecule has 40 heavy (non-hydrogen) atoms. The molecule has 0 aliphatic rings. The lowest BCUT2D eigenvalue weighted by Gasteiger charge is -2.22. The van der Waals surface area contributed by atoms with Gasteiger partial charge < -0.3 is 15.2 Å². The van der Waals surface area contributed by atoms with Crippen LogP contribution in [-0.4, -0.2) is 30.1 Å². The summed E-state index contributed by atoms with van der Waals surface area (Å²) in [7, 11) is 0. The second kappa shape index (κ2) is 11.5. The SMILES string of the molecule is OC(CNc1cccc(OCc2cccc(C(F)(F)F)c2)c1Cc1cccc(C(F)(F)C(F)(F)F)c1)C(F)(F)F. The molecule has 0 radical (unpaired) electrons. The van der Waals surface area contributed by atoms with E-state index in [1.54, 1.807) is 0 Å². The number of hydrogen-bond donors (Lipinski definition) is 2. The van der Waals surface area contributed by atoms with E-state index >= 15 is 0 Å². The van der Waals surface area contributed by atoms with Gasteiger partial charge in [-0.3, -0.25) is 0 Å². The number of alkyl halides is 11. The first kappa shape index (κ1) is 31.0. The van der Waals surface area contributed by atoms with Crippen molar-refractivity contribution in [1.82, 2.24) is 0 Å². The smallest absolute Gasteiger partial charge is 0.458 e. The molecule has 0 saturated carbocycles. The molecular formula is C26H20F11NO2. The van der Waals surface area contributed by atoms with Crippen LogP contribution in [0.2, 0.25) is 0 Å². The highest BCUT2D eigenvalue weighted by Gasteiger charge is 2.58. The summed E-state index contributed by atoms with van der Waals surface area (Å²) in [6.45, 7) is -1.49. The zero-order valence-electron chi connectivity index (χ0n) is 20.1. The Hall–Kier alpha value is -3.55. The Kier molecular flexibility index (Phi) is 8.92. The van der Waals surface area contributed by atoms with Crippen LogP contribution in [-0.2, 0) is 25.1 Å². The van der Waals surface area contributed by atoms with Crippen molar-refractivity contribution in [3.63, 3.8) is 0 Å². The first-order chi connectivity index (χ1) is 18.4. The third kappa shape index (κ3) is 7.55. The molecule has 3 aromatic carbocycles. The average molecular weight is 587 g/mol. The molecule has 0 aliphatic heterocycles. The molecule has 14 heteroatoms. The minimum absolute atomic E-state index is 0.00340. The fourth-order valence-electron chi connectivity index (χ4n) is 3.61. The minimum atomic E-state index is -5.89. The summed E-state index contributed by atoms with van der Waals surface area (Å²) >= 11 is 0. The van der Waals surface area contributed by atoms with Crippen molar-refractivity contribution in [2.45, 2.75) is 43.6 Å². The van der Waals surface area contributed by atoms with Gasteiger partial charge in [0.1, 0.15) is 12.4 Å². The van der Waals surface area contributed by atoms with E-state index in [0.717, 1.165) is 24.3 Å². The number of nitrogens with one attached hydrogen (secondary N) is 1. The summed E-state index contributed by atoms with van der Waals surface area (Å²) in [5.74, 6) is -5.29. The molecule has 0 heterocycles. The van der Waals surface area contributed by atoms with E-state index < -0.39 is 61.3 Å². The Morgan fingerprint density at radius 3 is 1.90 bits per heavy atom. The van der Waals surface area contributed by atoms with E-state index in [2.05, 4.69) is 5.32 Å². The third-order valence-electron chi connectivity index (χ3n) is 5.67. The molecule has 2 N–H and O–H groups in total. The van der Waals surface area contributed by atoms with Crippen LogP contribution in [0, 0.1) is 0 Å². The van der Waals surface area contributed by atoms with Gasteiger partial charge in [-0.25, -0.2) is 0 Å². The number of ether oxygens (including phenoxy) is 1.